The summed E-state index contributed by atoms with van der Waals surface area (Å²) in [7, 11) is 0. The number of hydrogen-bond acceptors (Lipinski definition) is 2. The van der Waals surface area contributed by atoms with Crippen molar-refractivity contribution in [3.8, 4) is 0 Å². The van der Waals surface area contributed by atoms with Gasteiger partial charge >= 0.3 is 0 Å². The molecule has 9 heavy (non-hydrogen) atoms. The molecule has 2 aliphatic rings. The molecular formula is C7H11NO. The molecule has 0 radical (unpaired) electrons. The molecule has 0 amide bonds. The third kappa shape index (κ3) is 0.732. The molecule has 2 rings (SSSR count). The molecule has 50 valence electrons. The Morgan fingerprint density at radius 1 is 1.67 bits per heavy atom. The molecule has 1 unspecified atom stereocenters. The van der Waals surface area contributed by atoms with Gasteiger partial charge in [-0.3, -0.25) is 0 Å². The van der Waals surface area contributed by atoms with Gasteiger partial charge in [0.15, 0.2) is 0 Å². The predicted octanol–water partition coefficient (Wildman–Crippen LogP) is 1.56. The molecule has 0 aromatic heterocycles. The van der Waals surface area contributed by atoms with Gasteiger partial charge in [0.05, 0.1) is 0 Å². The Morgan fingerprint density at radius 3 is 2.89 bits per heavy atom. The van der Waals surface area contributed by atoms with Crippen molar-refractivity contribution in [2.45, 2.75) is 31.8 Å². The summed E-state index contributed by atoms with van der Waals surface area (Å²) in [6.07, 6.45) is 5.55. The van der Waals surface area contributed by atoms with E-state index in [1.54, 1.807) is 0 Å². The van der Waals surface area contributed by atoms with Gasteiger partial charge in [0.25, 0.3) is 0 Å². The highest BCUT2D eigenvalue weighted by Gasteiger charge is 2.45. The Labute approximate surface area is 54.9 Å². The second kappa shape index (κ2) is 1.49. The second-order valence-corrected chi connectivity index (χ2v) is 3.17. The molecule has 0 N–H and O–H groups in total. The first-order chi connectivity index (χ1) is 4.31. The molecule has 1 aliphatic carbocycles. The highest BCUT2D eigenvalue weighted by atomic mass is 16.7. The third-order valence-corrected chi connectivity index (χ3v) is 2.27. The minimum atomic E-state index is 0.0833. The van der Waals surface area contributed by atoms with Crippen molar-refractivity contribution in [1.29, 1.82) is 0 Å². The zero-order valence-corrected chi connectivity index (χ0v) is 5.63. The van der Waals surface area contributed by atoms with Crippen LogP contribution in [0.4, 0.5) is 0 Å². The fourth-order valence-corrected chi connectivity index (χ4v) is 1.35. The Hall–Kier alpha value is -0.530. The van der Waals surface area contributed by atoms with Gasteiger partial charge in [0.2, 0.25) is 0 Å². The summed E-state index contributed by atoms with van der Waals surface area (Å²) in [4.78, 5) is 5.23. The summed E-state index contributed by atoms with van der Waals surface area (Å²) in [5.41, 5.74) is 0.0833. The van der Waals surface area contributed by atoms with Gasteiger partial charge in [0.1, 0.15) is 5.60 Å². The topological polar surface area (TPSA) is 21.6 Å². The largest absolute Gasteiger partial charge is 0.389 e. The van der Waals surface area contributed by atoms with Gasteiger partial charge in [-0.15, -0.1) is 0 Å². The summed E-state index contributed by atoms with van der Waals surface area (Å²) in [6, 6.07) is 0. The van der Waals surface area contributed by atoms with Crippen LogP contribution in [0.1, 0.15) is 26.2 Å². The lowest BCUT2D eigenvalue weighted by atomic mass is 9.98. The Kier molecular flexibility index (Phi) is 0.875. The number of oxime groups is 1. The van der Waals surface area contributed by atoms with Crippen molar-refractivity contribution in [2.24, 2.45) is 11.1 Å². The monoisotopic (exact) mass is 125 g/mol. The smallest absolute Gasteiger partial charge is 0.142 e. The number of nitrogens with zero attached hydrogens (tertiary/aromatic N) is 1. The van der Waals surface area contributed by atoms with E-state index >= 15 is 0 Å². The van der Waals surface area contributed by atoms with Crippen LogP contribution >= 0.6 is 0 Å². The average molecular weight is 125 g/mol. The normalized spacial score (nSPS) is 41.0. The standard InChI is InChI=1S/C7H11NO/c1-7(6-2-3-6)4-5-8-9-7/h5-6H,2-4H2,1H3. The Morgan fingerprint density at radius 2 is 2.44 bits per heavy atom. The van der Waals surface area contributed by atoms with Crippen LogP contribution in [-0.4, -0.2) is 11.8 Å². The van der Waals surface area contributed by atoms with E-state index in [0.29, 0.717) is 0 Å². The van der Waals surface area contributed by atoms with Crippen molar-refractivity contribution < 1.29 is 4.84 Å². The first-order valence-electron chi connectivity index (χ1n) is 3.51. The molecule has 0 bridgehead atoms. The van der Waals surface area contributed by atoms with E-state index in [1.165, 1.54) is 12.8 Å². The molecule has 2 heteroatoms. The molecule has 0 saturated heterocycles. The summed E-state index contributed by atoms with van der Waals surface area (Å²) < 4.78 is 0. The van der Waals surface area contributed by atoms with Crippen molar-refractivity contribution in [2.75, 3.05) is 0 Å². The first-order valence-corrected chi connectivity index (χ1v) is 3.51. The molecule has 0 aromatic rings. The summed E-state index contributed by atoms with van der Waals surface area (Å²) in [5, 5.41) is 3.77. The van der Waals surface area contributed by atoms with Crippen LogP contribution in [0, 0.1) is 5.92 Å². The minimum absolute atomic E-state index is 0.0833. The number of rotatable bonds is 1. The van der Waals surface area contributed by atoms with Gasteiger partial charge in [-0.05, 0) is 19.8 Å². The van der Waals surface area contributed by atoms with E-state index in [-0.39, 0.29) is 5.60 Å². The number of hydrogen-bond donors (Lipinski definition) is 0. The van der Waals surface area contributed by atoms with E-state index < -0.39 is 0 Å². The van der Waals surface area contributed by atoms with Crippen LogP contribution in [-0.2, 0) is 4.84 Å². The zero-order chi connectivity index (χ0) is 6.32. The average Bonchev–Trinajstić information content (AvgIpc) is 2.60. The van der Waals surface area contributed by atoms with Crippen molar-refractivity contribution in [3.05, 3.63) is 0 Å². The molecule has 1 heterocycles. The SMILES string of the molecule is CC1(C2CC2)CC=NO1. The fourth-order valence-electron chi connectivity index (χ4n) is 1.35. The minimum Gasteiger partial charge on any atom is -0.389 e. The van der Waals surface area contributed by atoms with Gasteiger partial charge in [-0.2, -0.15) is 0 Å². The quantitative estimate of drug-likeness (QED) is 0.521. The molecule has 1 saturated carbocycles. The summed E-state index contributed by atoms with van der Waals surface area (Å²) in [5.74, 6) is 0.792. The fraction of sp³-hybridized carbons (Fsp3) is 0.857. The lowest BCUT2D eigenvalue weighted by Gasteiger charge is -2.19. The summed E-state index contributed by atoms with van der Waals surface area (Å²) >= 11 is 0. The van der Waals surface area contributed by atoms with E-state index in [1.807, 2.05) is 6.21 Å². The molecular weight excluding hydrogens is 114 g/mol. The highest BCUT2D eigenvalue weighted by molar-refractivity contribution is 5.60. The van der Waals surface area contributed by atoms with E-state index in [4.69, 9.17) is 4.84 Å². The van der Waals surface area contributed by atoms with Crippen LogP contribution in [0.3, 0.4) is 0 Å². The van der Waals surface area contributed by atoms with Crippen molar-refractivity contribution in [1.82, 2.24) is 0 Å². The van der Waals surface area contributed by atoms with Crippen molar-refractivity contribution in [3.63, 3.8) is 0 Å². The Bertz CT molecular complexity index is 141. The van der Waals surface area contributed by atoms with Gasteiger partial charge in [0, 0.05) is 18.6 Å². The lowest BCUT2D eigenvalue weighted by molar-refractivity contribution is -0.0209. The van der Waals surface area contributed by atoms with Crippen LogP contribution in [0.25, 0.3) is 0 Å². The third-order valence-electron chi connectivity index (χ3n) is 2.27. The van der Waals surface area contributed by atoms with E-state index in [0.717, 1.165) is 12.3 Å². The molecule has 0 aromatic carbocycles. The maximum atomic E-state index is 5.23. The van der Waals surface area contributed by atoms with Crippen molar-refractivity contribution >= 4 is 6.21 Å². The summed E-state index contributed by atoms with van der Waals surface area (Å²) in [6.45, 7) is 2.15. The van der Waals surface area contributed by atoms with Gasteiger partial charge < -0.3 is 4.84 Å². The maximum Gasteiger partial charge on any atom is 0.142 e. The molecule has 0 spiro atoms. The molecule has 1 atom stereocenters. The Balaban J connectivity index is 2.06. The highest BCUT2D eigenvalue weighted by Crippen LogP contribution is 2.44. The molecule has 1 aliphatic heterocycles. The molecule has 1 fully saturated rings. The second-order valence-electron chi connectivity index (χ2n) is 3.17. The van der Waals surface area contributed by atoms with E-state index in [9.17, 15) is 0 Å². The lowest BCUT2D eigenvalue weighted by Crippen LogP contribution is -2.25. The predicted molar refractivity (Wildman–Crippen MR) is 35.3 cm³/mol. The van der Waals surface area contributed by atoms with Gasteiger partial charge in [-0.25, -0.2) is 0 Å². The van der Waals surface area contributed by atoms with Crippen LogP contribution in [0.15, 0.2) is 5.16 Å². The maximum absolute atomic E-state index is 5.23. The first kappa shape index (κ1) is 5.27. The van der Waals surface area contributed by atoms with Gasteiger partial charge in [-0.1, -0.05) is 5.16 Å². The van der Waals surface area contributed by atoms with Crippen LogP contribution in [0.2, 0.25) is 0 Å². The van der Waals surface area contributed by atoms with E-state index in [2.05, 4.69) is 12.1 Å². The van der Waals surface area contributed by atoms with Crippen LogP contribution < -0.4 is 0 Å². The molecule has 2 nitrogen and oxygen atoms in total. The van der Waals surface area contributed by atoms with Crippen LogP contribution in [0.5, 0.6) is 0 Å². The zero-order valence-electron chi connectivity index (χ0n) is 5.63.